The van der Waals surface area contributed by atoms with Crippen LogP contribution in [0.15, 0.2) is 0 Å². The molecule has 0 unspecified atom stereocenters. The van der Waals surface area contributed by atoms with E-state index >= 15 is 0 Å². The second-order valence-electron chi connectivity index (χ2n) is 5.80. The van der Waals surface area contributed by atoms with Crippen LogP contribution in [-0.4, -0.2) is 29.6 Å². The van der Waals surface area contributed by atoms with Gasteiger partial charge in [-0.15, -0.1) is 0 Å². The lowest BCUT2D eigenvalue weighted by atomic mass is 9.95. The van der Waals surface area contributed by atoms with Crippen LogP contribution < -0.4 is 10.2 Å². The smallest absolute Gasteiger partial charge is 0.138 e. The predicted octanol–water partition coefficient (Wildman–Crippen LogP) is 3.36. The van der Waals surface area contributed by atoms with Gasteiger partial charge in [-0.1, -0.05) is 20.8 Å². The molecule has 0 bridgehead atoms. The summed E-state index contributed by atoms with van der Waals surface area (Å²) < 4.78 is 0. The summed E-state index contributed by atoms with van der Waals surface area (Å²) >= 11 is 0. The quantitative estimate of drug-likeness (QED) is 0.885. The van der Waals surface area contributed by atoms with Crippen LogP contribution in [0.3, 0.4) is 0 Å². The van der Waals surface area contributed by atoms with Crippen molar-refractivity contribution in [3.63, 3.8) is 0 Å². The molecule has 1 N–H and O–H groups in total. The largest absolute Gasteiger partial charge is 0.370 e. The molecule has 0 aliphatic rings. The summed E-state index contributed by atoms with van der Waals surface area (Å²) in [6.45, 7) is 17.8. The van der Waals surface area contributed by atoms with Crippen molar-refractivity contribution in [1.29, 1.82) is 0 Å². The molecule has 0 saturated carbocycles. The Balaban J connectivity index is 3.39. The van der Waals surface area contributed by atoms with Gasteiger partial charge in [-0.05, 0) is 27.7 Å². The molecule has 0 atom stereocenters. The first kappa shape index (κ1) is 15.7. The molecule has 0 fully saturated rings. The normalized spacial score (nSPS) is 11.5. The molecule has 1 rings (SSSR count). The number of nitrogens with one attached hydrogen (secondary N) is 1. The molecule has 0 aliphatic heterocycles. The zero-order valence-electron chi connectivity index (χ0n) is 13.5. The highest BCUT2D eigenvalue weighted by Gasteiger charge is 2.22. The highest BCUT2D eigenvalue weighted by molar-refractivity contribution is 5.59. The molecule has 1 aromatic heterocycles. The lowest BCUT2D eigenvalue weighted by Crippen LogP contribution is -2.27. The van der Waals surface area contributed by atoms with Crippen LogP contribution in [0.4, 0.5) is 11.6 Å². The third-order valence-corrected chi connectivity index (χ3v) is 3.20. The molecule has 0 amide bonds. The molecule has 0 radical (unpaired) electrons. The average Bonchev–Trinajstić information content (AvgIpc) is 2.33. The highest BCUT2D eigenvalue weighted by atomic mass is 15.2. The van der Waals surface area contributed by atoms with Crippen molar-refractivity contribution < 1.29 is 0 Å². The van der Waals surface area contributed by atoms with Gasteiger partial charge < -0.3 is 10.2 Å². The minimum absolute atomic E-state index is 0.0419. The third kappa shape index (κ3) is 3.58. The maximum absolute atomic E-state index is 4.80. The van der Waals surface area contributed by atoms with E-state index in [0.29, 0.717) is 0 Å². The zero-order valence-corrected chi connectivity index (χ0v) is 13.5. The van der Waals surface area contributed by atoms with Crippen LogP contribution in [0.25, 0.3) is 0 Å². The Bertz CT molecular complexity index is 417. The van der Waals surface area contributed by atoms with E-state index in [4.69, 9.17) is 9.97 Å². The van der Waals surface area contributed by atoms with Crippen LogP contribution in [0, 0.1) is 6.92 Å². The molecule has 0 aromatic carbocycles. The van der Waals surface area contributed by atoms with Crippen molar-refractivity contribution in [3.8, 4) is 0 Å². The zero-order chi connectivity index (χ0) is 14.6. The summed E-state index contributed by atoms with van der Waals surface area (Å²) in [6, 6.07) is 0. The van der Waals surface area contributed by atoms with Gasteiger partial charge in [0.25, 0.3) is 0 Å². The average molecular weight is 264 g/mol. The van der Waals surface area contributed by atoms with Crippen molar-refractivity contribution >= 4 is 11.6 Å². The molecular weight excluding hydrogens is 236 g/mol. The number of aromatic nitrogens is 2. The van der Waals surface area contributed by atoms with E-state index in [1.54, 1.807) is 0 Å². The molecule has 1 aromatic rings. The Morgan fingerprint density at radius 2 is 1.63 bits per heavy atom. The molecule has 0 spiro atoms. The van der Waals surface area contributed by atoms with Gasteiger partial charge in [0.05, 0.1) is 0 Å². The highest BCUT2D eigenvalue weighted by Crippen LogP contribution is 2.28. The first-order valence-corrected chi connectivity index (χ1v) is 7.23. The Hall–Kier alpha value is -1.32. The van der Waals surface area contributed by atoms with E-state index in [1.165, 1.54) is 0 Å². The summed E-state index contributed by atoms with van der Waals surface area (Å²) in [5.74, 6) is 2.92. The van der Waals surface area contributed by atoms with E-state index in [0.717, 1.165) is 42.7 Å². The fourth-order valence-corrected chi connectivity index (χ4v) is 2.01. The van der Waals surface area contributed by atoms with Crippen LogP contribution in [0.2, 0.25) is 0 Å². The van der Waals surface area contributed by atoms with Gasteiger partial charge in [-0.3, -0.25) is 0 Å². The van der Waals surface area contributed by atoms with E-state index in [-0.39, 0.29) is 5.41 Å². The number of hydrogen-bond acceptors (Lipinski definition) is 4. The summed E-state index contributed by atoms with van der Waals surface area (Å²) in [7, 11) is 0. The molecular formula is C15H28N4. The standard InChI is InChI=1S/C15H28N4/c1-8-16-12-11(4)13(19(9-2)10-3)18-14(17-12)15(5,6)7/h8-10H2,1-7H3,(H,16,17,18). The molecule has 108 valence electrons. The SMILES string of the molecule is CCNc1nc(C(C)(C)C)nc(N(CC)CC)c1C. The summed E-state index contributed by atoms with van der Waals surface area (Å²) in [6.07, 6.45) is 0. The molecule has 1 heterocycles. The minimum atomic E-state index is -0.0419. The molecule has 4 heteroatoms. The number of anilines is 2. The lowest BCUT2D eigenvalue weighted by molar-refractivity contribution is 0.544. The van der Waals surface area contributed by atoms with E-state index < -0.39 is 0 Å². The van der Waals surface area contributed by atoms with Crippen molar-refractivity contribution in [2.45, 2.75) is 53.9 Å². The third-order valence-electron chi connectivity index (χ3n) is 3.20. The first-order chi connectivity index (χ1) is 8.85. The molecule has 4 nitrogen and oxygen atoms in total. The number of rotatable bonds is 5. The van der Waals surface area contributed by atoms with Crippen LogP contribution >= 0.6 is 0 Å². The number of nitrogens with zero attached hydrogens (tertiary/aromatic N) is 3. The Kier molecular flexibility index (Phi) is 5.15. The second kappa shape index (κ2) is 6.22. The summed E-state index contributed by atoms with van der Waals surface area (Å²) in [4.78, 5) is 11.8. The monoisotopic (exact) mass is 264 g/mol. The van der Waals surface area contributed by atoms with Gasteiger partial charge in [-0.2, -0.15) is 0 Å². The van der Waals surface area contributed by atoms with Gasteiger partial charge in [0.1, 0.15) is 17.5 Å². The Morgan fingerprint density at radius 3 is 2.05 bits per heavy atom. The van der Waals surface area contributed by atoms with Gasteiger partial charge in [0, 0.05) is 30.6 Å². The Labute approximate surface area is 117 Å². The van der Waals surface area contributed by atoms with Gasteiger partial charge >= 0.3 is 0 Å². The molecule has 19 heavy (non-hydrogen) atoms. The van der Waals surface area contributed by atoms with Crippen LogP contribution in [0.1, 0.15) is 52.9 Å². The van der Waals surface area contributed by atoms with Crippen molar-refractivity contribution in [3.05, 3.63) is 11.4 Å². The molecule has 0 aliphatic carbocycles. The number of hydrogen-bond donors (Lipinski definition) is 1. The summed E-state index contributed by atoms with van der Waals surface area (Å²) in [5, 5.41) is 3.35. The molecule has 0 saturated heterocycles. The van der Waals surface area contributed by atoms with E-state index in [1.807, 2.05) is 0 Å². The van der Waals surface area contributed by atoms with Crippen LogP contribution in [-0.2, 0) is 5.41 Å². The van der Waals surface area contributed by atoms with Crippen molar-refractivity contribution in [2.75, 3.05) is 29.9 Å². The maximum Gasteiger partial charge on any atom is 0.138 e. The fourth-order valence-electron chi connectivity index (χ4n) is 2.01. The fraction of sp³-hybridized carbons (Fsp3) is 0.733. The topological polar surface area (TPSA) is 41.1 Å². The Morgan fingerprint density at radius 1 is 1.05 bits per heavy atom. The maximum atomic E-state index is 4.80. The lowest BCUT2D eigenvalue weighted by Gasteiger charge is -2.26. The van der Waals surface area contributed by atoms with E-state index in [9.17, 15) is 0 Å². The van der Waals surface area contributed by atoms with Crippen LogP contribution in [0.5, 0.6) is 0 Å². The van der Waals surface area contributed by atoms with Crippen molar-refractivity contribution in [2.24, 2.45) is 0 Å². The van der Waals surface area contributed by atoms with Gasteiger partial charge in [0.2, 0.25) is 0 Å². The summed E-state index contributed by atoms with van der Waals surface area (Å²) in [5.41, 5.74) is 1.10. The second-order valence-corrected chi connectivity index (χ2v) is 5.80. The van der Waals surface area contributed by atoms with Gasteiger partial charge in [-0.25, -0.2) is 9.97 Å². The predicted molar refractivity (Wildman–Crippen MR) is 83.2 cm³/mol. The van der Waals surface area contributed by atoms with Crippen molar-refractivity contribution in [1.82, 2.24) is 9.97 Å². The first-order valence-electron chi connectivity index (χ1n) is 7.23. The van der Waals surface area contributed by atoms with Gasteiger partial charge in [0.15, 0.2) is 0 Å². The van der Waals surface area contributed by atoms with E-state index in [2.05, 4.69) is 58.7 Å². The minimum Gasteiger partial charge on any atom is -0.370 e.